The van der Waals surface area contributed by atoms with Gasteiger partial charge >= 0.3 is 0 Å². The lowest BCUT2D eigenvalue weighted by Crippen LogP contribution is -2.42. The Labute approximate surface area is 144 Å². The Morgan fingerprint density at radius 2 is 1.96 bits per heavy atom. The number of anilines is 2. The summed E-state index contributed by atoms with van der Waals surface area (Å²) in [7, 11) is 0. The molecule has 1 amide bonds. The number of hydrogen-bond acceptors (Lipinski definition) is 6. The summed E-state index contributed by atoms with van der Waals surface area (Å²) < 4.78 is 0. The number of benzene rings is 1. The number of nitrogens with zero attached hydrogens (tertiary/aromatic N) is 3. The SMILES string of the molecule is Nc1ncc([N+](=O)[O-])cc1C(=O)N1CCC(Nc2ccccc2)CC1. The number of pyridine rings is 1. The molecule has 0 aliphatic carbocycles. The summed E-state index contributed by atoms with van der Waals surface area (Å²) >= 11 is 0. The van der Waals surface area contributed by atoms with Crippen LogP contribution in [-0.4, -0.2) is 39.8 Å². The Morgan fingerprint density at radius 1 is 1.28 bits per heavy atom. The van der Waals surface area contributed by atoms with E-state index < -0.39 is 4.92 Å². The highest BCUT2D eigenvalue weighted by atomic mass is 16.6. The molecule has 1 aromatic heterocycles. The summed E-state index contributed by atoms with van der Waals surface area (Å²) in [4.78, 5) is 28.3. The molecular weight excluding hydrogens is 322 g/mol. The molecule has 3 N–H and O–H groups in total. The molecule has 0 saturated carbocycles. The van der Waals surface area contributed by atoms with E-state index in [1.165, 1.54) is 6.07 Å². The van der Waals surface area contributed by atoms with E-state index in [0.717, 1.165) is 24.7 Å². The highest BCUT2D eigenvalue weighted by Gasteiger charge is 2.26. The van der Waals surface area contributed by atoms with Gasteiger partial charge in [0.25, 0.3) is 11.6 Å². The summed E-state index contributed by atoms with van der Waals surface area (Å²) in [5.41, 5.74) is 6.64. The van der Waals surface area contributed by atoms with E-state index in [0.29, 0.717) is 13.1 Å². The molecule has 1 fully saturated rings. The maximum absolute atomic E-state index is 12.6. The van der Waals surface area contributed by atoms with E-state index >= 15 is 0 Å². The number of para-hydroxylation sites is 1. The minimum atomic E-state index is -0.584. The number of carbonyl (C=O) groups excluding carboxylic acids is 1. The van der Waals surface area contributed by atoms with E-state index in [2.05, 4.69) is 10.3 Å². The monoisotopic (exact) mass is 341 g/mol. The summed E-state index contributed by atoms with van der Waals surface area (Å²) in [5, 5.41) is 14.3. The number of aromatic nitrogens is 1. The molecule has 2 aromatic rings. The standard InChI is InChI=1S/C17H19N5O3/c18-16-15(10-14(11-19-16)22(24)25)17(23)21-8-6-13(7-9-21)20-12-4-2-1-3-5-12/h1-5,10-11,13,20H,6-9H2,(H2,18,19). The van der Waals surface area contributed by atoms with Crippen molar-refractivity contribution in [1.29, 1.82) is 0 Å². The van der Waals surface area contributed by atoms with Crippen molar-refractivity contribution < 1.29 is 9.72 Å². The third kappa shape index (κ3) is 3.85. The first-order valence-corrected chi connectivity index (χ1v) is 8.05. The Hall–Kier alpha value is -3.16. The van der Waals surface area contributed by atoms with Crippen molar-refractivity contribution in [3.63, 3.8) is 0 Å². The van der Waals surface area contributed by atoms with Crippen molar-refractivity contribution in [2.75, 3.05) is 24.1 Å². The van der Waals surface area contributed by atoms with E-state index in [-0.39, 0.29) is 29.0 Å². The van der Waals surface area contributed by atoms with E-state index in [1.54, 1.807) is 4.90 Å². The minimum Gasteiger partial charge on any atom is -0.383 e. The highest BCUT2D eigenvalue weighted by Crippen LogP contribution is 2.22. The molecule has 2 heterocycles. The van der Waals surface area contributed by atoms with Crippen LogP contribution in [0.25, 0.3) is 0 Å². The molecule has 0 radical (unpaired) electrons. The normalized spacial score (nSPS) is 15.0. The molecule has 8 heteroatoms. The quantitative estimate of drug-likeness (QED) is 0.651. The van der Waals surface area contributed by atoms with Crippen LogP contribution in [0.2, 0.25) is 0 Å². The maximum atomic E-state index is 12.6. The Balaban J connectivity index is 1.64. The molecule has 1 aromatic carbocycles. The summed E-state index contributed by atoms with van der Waals surface area (Å²) in [6.07, 6.45) is 2.65. The van der Waals surface area contributed by atoms with Crippen molar-refractivity contribution in [1.82, 2.24) is 9.88 Å². The van der Waals surface area contributed by atoms with Gasteiger partial charge in [0.2, 0.25) is 0 Å². The summed E-state index contributed by atoms with van der Waals surface area (Å²) in [6.45, 7) is 1.12. The topological polar surface area (TPSA) is 114 Å². The van der Waals surface area contributed by atoms with Gasteiger partial charge in [-0.1, -0.05) is 18.2 Å². The predicted octanol–water partition coefficient (Wildman–Crippen LogP) is 2.29. The number of rotatable bonds is 4. The van der Waals surface area contributed by atoms with Gasteiger partial charge in [-0.2, -0.15) is 0 Å². The van der Waals surface area contributed by atoms with Crippen LogP contribution in [0.4, 0.5) is 17.2 Å². The fourth-order valence-electron chi connectivity index (χ4n) is 2.90. The van der Waals surface area contributed by atoms with Gasteiger partial charge in [0.1, 0.15) is 12.0 Å². The Morgan fingerprint density at radius 3 is 2.60 bits per heavy atom. The molecule has 0 unspecified atom stereocenters. The highest BCUT2D eigenvalue weighted by molar-refractivity contribution is 5.98. The van der Waals surface area contributed by atoms with Crippen LogP contribution in [0.5, 0.6) is 0 Å². The van der Waals surface area contributed by atoms with Crippen LogP contribution in [0.15, 0.2) is 42.6 Å². The first kappa shape index (κ1) is 16.7. The van der Waals surface area contributed by atoms with Crippen molar-refractivity contribution in [2.45, 2.75) is 18.9 Å². The lowest BCUT2D eigenvalue weighted by Gasteiger charge is -2.33. The van der Waals surface area contributed by atoms with Crippen LogP contribution < -0.4 is 11.1 Å². The van der Waals surface area contributed by atoms with Gasteiger partial charge in [0.15, 0.2) is 0 Å². The number of nitro groups is 1. The number of nitrogen functional groups attached to an aromatic ring is 1. The van der Waals surface area contributed by atoms with Crippen molar-refractivity contribution in [2.24, 2.45) is 0 Å². The van der Waals surface area contributed by atoms with Gasteiger partial charge in [0, 0.05) is 30.9 Å². The second-order valence-corrected chi connectivity index (χ2v) is 5.96. The first-order chi connectivity index (χ1) is 12.0. The molecular formula is C17H19N5O3. The molecule has 1 aliphatic rings. The molecule has 0 spiro atoms. The molecule has 3 rings (SSSR count). The average Bonchev–Trinajstić information content (AvgIpc) is 2.63. The molecule has 1 saturated heterocycles. The number of hydrogen-bond donors (Lipinski definition) is 2. The number of nitrogens with two attached hydrogens (primary N) is 1. The Kier molecular flexibility index (Phi) is 4.78. The van der Waals surface area contributed by atoms with Gasteiger partial charge in [-0.25, -0.2) is 4.98 Å². The third-order valence-corrected chi connectivity index (χ3v) is 4.27. The zero-order chi connectivity index (χ0) is 17.8. The zero-order valence-electron chi connectivity index (χ0n) is 13.6. The fraction of sp³-hybridized carbons (Fsp3) is 0.294. The van der Waals surface area contributed by atoms with Crippen LogP contribution in [-0.2, 0) is 0 Å². The van der Waals surface area contributed by atoms with E-state index in [9.17, 15) is 14.9 Å². The number of amides is 1. The fourth-order valence-corrected chi connectivity index (χ4v) is 2.90. The van der Waals surface area contributed by atoms with Gasteiger partial charge in [0.05, 0.1) is 10.5 Å². The minimum absolute atomic E-state index is 0.0140. The smallest absolute Gasteiger partial charge is 0.288 e. The number of carbonyl (C=O) groups is 1. The first-order valence-electron chi connectivity index (χ1n) is 8.05. The van der Waals surface area contributed by atoms with E-state index in [4.69, 9.17) is 5.73 Å². The van der Waals surface area contributed by atoms with Gasteiger partial charge in [-0.15, -0.1) is 0 Å². The zero-order valence-corrected chi connectivity index (χ0v) is 13.6. The van der Waals surface area contributed by atoms with Gasteiger partial charge < -0.3 is 16.0 Å². The van der Waals surface area contributed by atoms with Gasteiger partial charge in [-0.05, 0) is 25.0 Å². The lowest BCUT2D eigenvalue weighted by atomic mass is 10.0. The van der Waals surface area contributed by atoms with Crippen LogP contribution in [0.1, 0.15) is 23.2 Å². The molecule has 8 nitrogen and oxygen atoms in total. The van der Waals surface area contributed by atoms with E-state index in [1.807, 2.05) is 30.3 Å². The number of likely N-dealkylation sites (tertiary alicyclic amines) is 1. The van der Waals surface area contributed by atoms with Crippen LogP contribution in [0, 0.1) is 10.1 Å². The number of piperidine rings is 1. The van der Waals surface area contributed by atoms with Crippen LogP contribution in [0.3, 0.4) is 0 Å². The predicted molar refractivity (Wildman–Crippen MR) is 94.3 cm³/mol. The van der Waals surface area contributed by atoms with Crippen LogP contribution >= 0.6 is 0 Å². The average molecular weight is 341 g/mol. The summed E-state index contributed by atoms with van der Waals surface area (Å²) in [6, 6.07) is 11.4. The van der Waals surface area contributed by atoms with Crippen molar-refractivity contribution >= 4 is 23.1 Å². The van der Waals surface area contributed by atoms with Crippen molar-refractivity contribution in [3.8, 4) is 0 Å². The largest absolute Gasteiger partial charge is 0.383 e. The summed E-state index contributed by atoms with van der Waals surface area (Å²) in [5.74, 6) is -0.299. The second-order valence-electron chi connectivity index (χ2n) is 5.96. The maximum Gasteiger partial charge on any atom is 0.288 e. The molecule has 130 valence electrons. The Bertz CT molecular complexity index is 773. The molecule has 0 atom stereocenters. The van der Waals surface area contributed by atoms with Gasteiger partial charge in [-0.3, -0.25) is 14.9 Å². The molecule has 0 bridgehead atoms. The third-order valence-electron chi connectivity index (χ3n) is 4.27. The lowest BCUT2D eigenvalue weighted by molar-refractivity contribution is -0.385. The molecule has 1 aliphatic heterocycles. The number of nitrogens with one attached hydrogen (secondary N) is 1. The second kappa shape index (κ2) is 7.16. The van der Waals surface area contributed by atoms with Crippen molar-refractivity contribution in [3.05, 3.63) is 58.3 Å². The molecule has 25 heavy (non-hydrogen) atoms.